The largest absolute Gasteiger partial charge is 0.455 e. The monoisotopic (exact) mass is 726 g/mol. The Hall–Kier alpha value is -7.62. The minimum absolute atomic E-state index is 0.706. The van der Waals surface area contributed by atoms with Gasteiger partial charge in [0.15, 0.2) is 5.82 Å². The van der Waals surface area contributed by atoms with E-state index in [2.05, 4.69) is 170 Å². The Morgan fingerprint density at radius 3 is 1.65 bits per heavy atom. The van der Waals surface area contributed by atoms with Gasteiger partial charge in [-0.25, -0.2) is 9.97 Å². The van der Waals surface area contributed by atoms with Crippen molar-refractivity contribution in [2.45, 2.75) is 0 Å². The van der Waals surface area contributed by atoms with Crippen LogP contribution in [0.5, 0.6) is 0 Å². The molecule has 0 amide bonds. The van der Waals surface area contributed by atoms with Crippen LogP contribution < -0.4 is 0 Å². The molecule has 2 aromatic heterocycles. The summed E-state index contributed by atoms with van der Waals surface area (Å²) in [6, 6.07) is 72.7. The first-order valence-electron chi connectivity index (χ1n) is 19.3. The van der Waals surface area contributed by atoms with Gasteiger partial charge in [0.05, 0.1) is 11.4 Å². The number of fused-ring (bicyclic) bond motifs is 6. The van der Waals surface area contributed by atoms with Crippen molar-refractivity contribution in [2.75, 3.05) is 0 Å². The zero-order valence-corrected chi connectivity index (χ0v) is 30.9. The zero-order valence-electron chi connectivity index (χ0n) is 30.9. The third kappa shape index (κ3) is 5.76. The molecule has 2 heterocycles. The molecular formula is C54H34N2O. The number of rotatable bonds is 6. The summed E-state index contributed by atoms with van der Waals surface area (Å²) in [4.78, 5) is 10.1. The molecule has 3 heteroatoms. The quantitative estimate of drug-likeness (QED) is 0.171. The first kappa shape index (κ1) is 32.8. The SMILES string of the molecule is c1ccc(-c2cc(-c3cccc(-c4cccc(-c5cc6c(oc7cccc(-c8cccc9ccccc89)c76)c6ccccc56)c4)c3)nc(-c3ccccc3)n2)cc1. The lowest BCUT2D eigenvalue weighted by molar-refractivity contribution is 0.673. The molecule has 0 aliphatic rings. The fourth-order valence-electron chi connectivity index (χ4n) is 8.36. The summed E-state index contributed by atoms with van der Waals surface area (Å²) < 4.78 is 6.74. The molecule has 0 aliphatic carbocycles. The molecule has 0 bridgehead atoms. The van der Waals surface area contributed by atoms with Gasteiger partial charge in [0.2, 0.25) is 0 Å². The molecule has 57 heavy (non-hydrogen) atoms. The Labute approximate surface area is 330 Å². The molecule has 0 aliphatic heterocycles. The van der Waals surface area contributed by atoms with E-state index in [1.165, 1.54) is 27.5 Å². The van der Waals surface area contributed by atoms with Crippen molar-refractivity contribution in [3.05, 3.63) is 206 Å². The van der Waals surface area contributed by atoms with Gasteiger partial charge < -0.3 is 4.42 Å². The van der Waals surface area contributed by atoms with Gasteiger partial charge in [-0.3, -0.25) is 0 Å². The molecular weight excluding hydrogens is 693 g/mol. The Morgan fingerprint density at radius 1 is 0.316 bits per heavy atom. The number of hydrogen-bond acceptors (Lipinski definition) is 3. The smallest absolute Gasteiger partial charge is 0.160 e. The van der Waals surface area contributed by atoms with Crippen LogP contribution in [0.15, 0.2) is 211 Å². The molecule has 0 fully saturated rings. The van der Waals surface area contributed by atoms with Gasteiger partial charge in [0.1, 0.15) is 11.2 Å². The zero-order chi connectivity index (χ0) is 37.7. The highest BCUT2D eigenvalue weighted by Crippen LogP contribution is 2.44. The van der Waals surface area contributed by atoms with Crippen LogP contribution in [-0.2, 0) is 0 Å². The highest BCUT2D eigenvalue weighted by atomic mass is 16.3. The number of benzene rings is 9. The maximum atomic E-state index is 6.74. The van der Waals surface area contributed by atoms with Crippen LogP contribution in [0.3, 0.4) is 0 Å². The van der Waals surface area contributed by atoms with Crippen molar-refractivity contribution in [3.63, 3.8) is 0 Å². The topological polar surface area (TPSA) is 38.9 Å². The summed E-state index contributed by atoms with van der Waals surface area (Å²) in [6.07, 6.45) is 0. The standard InChI is InChI=1S/C54H34N2O/c1-3-16-36(17-4-1)49-34-50(56-54(55-49)37-18-5-2-6-19-37)41-24-12-22-39(32-41)38-21-11-23-40(31-38)47-33-48-52-45(43-28-13-20-35-15-7-8-25-42(35)43)29-14-30-51(52)57-53(48)46-27-10-9-26-44(46)47/h1-34H. The van der Waals surface area contributed by atoms with E-state index in [-0.39, 0.29) is 0 Å². The van der Waals surface area contributed by atoms with Crippen LogP contribution in [-0.4, -0.2) is 9.97 Å². The molecule has 0 saturated carbocycles. The van der Waals surface area contributed by atoms with E-state index in [4.69, 9.17) is 14.4 Å². The fraction of sp³-hybridized carbons (Fsp3) is 0. The van der Waals surface area contributed by atoms with E-state index >= 15 is 0 Å². The van der Waals surface area contributed by atoms with Gasteiger partial charge in [0.25, 0.3) is 0 Å². The lowest BCUT2D eigenvalue weighted by Crippen LogP contribution is -1.96. The number of aromatic nitrogens is 2. The summed E-state index contributed by atoms with van der Waals surface area (Å²) in [6.45, 7) is 0. The van der Waals surface area contributed by atoms with E-state index in [0.29, 0.717) is 5.82 Å². The molecule has 266 valence electrons. The summed E-state index contributed by atoms with van der Waals surface area (Å²) >= 11 is 0. The predicted octanol–water partition coefficient (Wildman–Crippen LogP) is 14.7. The number of hydrogen-bond donors (Lipinski definition) is 0. The molecule has 9 aromatic carbocycles. The van der Waals surface area contributed by atoms with Gasteiger partial charge in [-0.15, -0.1) is 0 Å². The van der Waals surface area contributed by atoms with Crippen LogP contribution in [0.2, 0.25) is 0 Å². The van der Waals surface area contributed by atoms with Crippen LogP contribution >= 0.6 is 0 Å². The van der Waals surface area contributed by atoms with E-state index in [1.807, 2.05) is 36.4 Å². The van der Waals surface area contributed by atoms with Crippen molar-refractivity contribution in [2.24, 2.45) is 0 Å². The van der Waals surface area contributed by atoms with Gasteiger partial charge in [-0.05, 0) is 79.9 Å². The van der Waals surface area contributed by atoms with Crippen LogP contribution in [0.1, 0.15) is 0 Å². The summed E-state index contributed by atoms with van der Waals surface area (Å²) in [7, 11) is 0. The van der Waals surface area contributed by atoms with Gasteiger partial charge in [-0.2, -0.15) is 0 Å². The highest BCUT2D eigenvalue weighted by molar-refractivity contribution is 6.23. The van der Waals surface area contributed by atoms with Crippen LogP contribution in [0.25, 0.3) is 111 Å². The number of nitrogens with zero attached hydrogens (tertiary/aromatic N) is 2. The first-order chi connectivity index (χ1) is 28.2. The van der Waals surface area contributed by atoms with Gasteiger partial charge in [-0.1, -0.05) is 176 Å². The molecule has 11 rings (SSSR count). The van der Waals surface area contributed by atoms with Crippen molar-refractivity contribution >= 4 is 43.5 Å². The molecule has 0 saturated heterocycles. The van der Waals surface area contributed by atoms with Gasteiger partial charge in [0, 0.05) is 32.8 Å². The second kappa shape index (κ2) is 13.6. The van der Waals surface area contributed by atoms with Crippen molar-refractivity contribution < 1.29 is 4.42 Å². The third-order valence-electron chi connectivity index (χ3n) is 11.1. The summed E-state index contributed by atoms with van der Waals surface area (Å²) in [5, 5.41) is 6.96. The predicted molar refractivity (Wildman–Crippen MR) is 237 cm³/mol. The lowest BCUT2D eigenvalue weighted by Gasteiger charge is -2.12. The molecule has 3 nitrogen and oxygen atoms in total. The first-order valence-corrected chi connectivity index (χ1v) is 19.3. The summed E-state index contributed by atoms with van der Waals surface area (Å²) in [5.74, 6) is 0.706. The van der Waals surface area contributed by atoms with Crippen LogP contribution in [0, 0.1) is 0 Å². The highest BCUT2D eigenvalue weighted by Gasteiger charge is 2.19. The Morgan fingerprint density at radius 2 is 0.860 bits per heavy atom. The minimum atomic E-state index is 0.706. The van der Waals surface area contributed by atoms with Crippen molar-refractivity contribution in [1.29, 1.82) is 0 Å². The minimum Gasteiger partial charge on any atom is -0.455 e. The Kier molecular flexibility index (Phi) is 7.82. The van der Waals surface area contributed by atoms with E-state index < -0.39 is 0 Å². The average molecular weight is 727 g/mol. The average Bonchev–Trinajstić information content (AvgIpc) is 3.68. The molecule has 0 unspecified atom stereocenters. The summed E-state index contributed by atoms with van der Waals surface area (Å²) in [5.41, 5.74) is 13.6. The second-order valence-corrected chi connectivity index (χ2v) is 14.5. The molecule has 0 atom stereocenters. The Bertz CT molecular complexity index is 3230. The normalized spacial score (nSPS) is 11.5. The van der Waals surface area contributed by atoms with E-state index in [0.717, 1.165) is 77.5 Å². The Balaban J connectivity index is 1.06. The van der Waals surface area contributed by atoms with Crippen molar-refractivity contribution in [1.82, 2.24) is 9.97 Å². The molecule has 0 N–H and O–H groups in total. The lowest BCUT2D eigenvalue weighted by atomic mass is 9.91. The maximum Gasteiger partial charge on any atom is 0.160 e. The van der Waals surface area contributed by atoms with E-state index in [9.17, 15) is 0 Å². The third-order valence-corrected chi connectivity index (χ3v) is 11.1. The molecule has 0 spiro atoms. The van der Waals surface area contributed by atoms with E-state index in [1.54, 1.807) is 0 Å². The molecule has 0 radical (unpaired) electrons. The van der Waals surface area contributed by atoms with Gasteiger partial charge >= 0.3 is 0 Å². The van der Waals surface area contributed by atoms with Crippen LogP contribution in [0.4, 0.5) is 0 Å². The van der Waals surface area contributed by atoms with Crippen molar-refractivity contribution in [3.8, 4) is 67.3 Å². The molecule has 11 aromatic rings. The second-order valence-electron chi connectivity index (χ2n) is 14.5. The maximum absolute atomic E-state index is 6.74. The number of furan rings is 1. The fourth-order valence-corrected chi connectivity index (χ4v) is 8.36.